The van der Waals surface area contributed by atoms with Crippen molar-refractivity contribution in [2.45, 2.75) is 6.92 Å². The maximum absolute atomic E-state index is 11.5. The fourth-order valence-corrected chi connectivity index (χ4v) is 1.24. The van der Waals surface area contributed by atoms with Crippen LogP contribution in [0.4, 0.5) is 0 Å². The van der Waals surface area contributed by atoms with Crippen LogP contribution in [-0.4, -0.2) is 32.1 Å². The maximum Gasteiger partial charge on any atom is 0.338 e. The number of carbonyl (C=O) groups excluding carboxylic acids is 2. The summed E-state index contributed by atoms with van der Waals surface area (Å²) in [6.07, 6.45) is 3.17. The minimum Gasteiger partial charge on any atom is -0.460 e. The summed E-state index contributed by atoms with van der Waals surface area (Å²) in [7, 11) is 1.55. The molecular formula is C14H16O4. The van der Waals surface area contributed by atoms with Crippen molar-refractivity contribution >= 4 is 17.8 Å². The Bertz CT molecular complexity index is 432. The number of benzene rings is 1. The lowest BCUT2D eigenvalue weighted by molar-refractivity contribution is -0.112. The average molecular weight is 248 g/mol. The second-order valence-electron chi connectivity index (χ2n) is 3.69. The first-order valence-electron chi connectivity index (χ1n) is 5.58. The highest BCUT2D eigenvalue weighted by atomic mass is 16.6. The molecule has 0 aromatic heterocycles. The van der Waals surface area contributed by atoms with Gasteiger partial charge in [0.05, 0.1) is 12.2 Å². The summed E-state index contributed by atoms with van der Waals surface area (Å²) in [5.41, 5.74) is 1.34. The molecule has 0 saturated carbocycles. The number of allylic oxidation sites excluding steroid dienone is 1. The summed E-state index contributed by atoms with van der Waals surface area (Å²) in [5.74, 6) is -0.396. The van der Waals surface area contributed by atoms with Crippen molar-refractivity contribution in [3.63, 3.8) is 0 Å². The monoisotopic (exact) mass is 248 g/mol. The third kappa shape index (κ3) is 4.93. The van der Waals surface area contributed by atoms with Crippen LogP contribution in [0, 0.1) is 0 Å². The first-order chi connectivity index (χ1) is 8.63. The highest BCUT2D eigenvalue weighted by molar-refractivity contribution is 5.92. The van der Waals surface area contributed by atoms with Crippen LogP contribution in [0.3, 0.4) is 0 Å². The molecular weight excluding hydrogens is 232 g/mol. The molecule has 0 N–H and O–H groups in total. The number of ketones is 1. The van der Waals surface area contributed by atoms with E-state index in [1.54, 1.807) is 37.5 Å². The third-order valence-electron chi connectivity index (χ3n) is 2.18. The lowest BCUT2D eigenvalue weighted by Gasteiger charge is -2.04. The Morgan fingerprint density at radius 1 is 1.17 bits per heavy atom. The number of carbonyl (C=O) groups is 2. The van der Waals surface area contributed by atoms with E-state index in [0.29, 0.717) is 12.2 Å². The van der Waals surface area contributed by atoms with Gasteiger partial charge < -0.3 is 9.47 Å². The molecule has 1 aromatic rings. The van der Waals surface area contributed by atoms with Gasteiger partial charge in [-0.05, 0) is 30.7 Å². The molecule has 0 aliphatic carbocycles. The van der Waals surface area contributed by atoms with Crippen molar-refractivity contribution < 1.29 is 19.1 Å². The van der Waals surface area contributed by atoms with Crippen molar-refractivity contribution in [2.75, 3.05) is 20.3 Å². The van der Waals surface area contributed by atoms with Gasteiger partial charge in [0.25, 0.3) is 0 Å². The van der Waals surface area contributed by atoms with E-state index in [0.717, 1.165) is 5.56 Å². The van der Waals surface area contributed by atoms with Crippen molar-refractivity contribution in [1.29, 1.82) is 0 Å². The number of esters is 1. The van der Waals surface area contributed by atoms with Crippen LogP contribution in [0.25, 0.3) is 6.08 Å². The topological polar surface area (TPSA) is 52.6 Å². The summed E-state index contributed by atoms with van der Waals surface area (Å²) in [6, 6.07) is 6.84. The summed E-state index contributed by atoms with van der Waals surface area (Å²) in [5, 5.41) is 0. The largest absolute Gasteiger partial charge is 0.460 e. The van der Waals surface area contributed by atoms with Crippen LogP contribution in [-0.2, 0) is 14.3 Å². The molecule has 0 saturated heterocycles. The molecule has 4 nitrogen and oxygen atoms in total. The summed E-state index contributed by atoms with van der Waals surface area (Å²) < 4.78 is 9.75. The molecule has 0 amide bonds. The highest BCUT2D eigenvalue weighted by Gasteiger charge is 2.05. The van der Waals surface area contributed by atoms with Crippen molar-refractivity contribution in [2.24, 2.45) is 0 Å². The van der Waals surface area contributed by atoms with E-state index < -0.39 is 0 Å². The van der Waals surface area contributed by atoms with E-state index in [-0.39, 0.29) is 18.4 Å². The second-order valence-corrected chi connectivity index (χ2v) is 3.69. The lowest BCUT2D eigenvalue weighted by Crippen LogP contribution is -2.09. The molecule has 96 valence electrons. The summed E-state index contributed by atoms with van der Waals surface area (Å²) in [6.45, 7) is 2.10. The molecule has 0 heterocycles. The van der Waals surface area contributed by atoms with Crippen LogP contribution in [0.15, 0.2) is 30.3 Å². The SMILES string of the molecule is COCCOC(=O)c1ccc(C=CC(C)=O)cc1. The van der Waals surface area contributed by atoms with E-state index >= 15 is 0 Å². The van der Waals surface area contributed by atoms with E-state index in [1.807, 2.05) is 0 Å². The molecule has 1 rings (SSSR count). The van der Waals surface area contributed by atoms with Crippen LogP contribution in [0.5, 0.6) is 0 Å². The number of hydrogen-bond donors (Lipinski definition) is 0. The minimum atomic E-state index is -0.380. The van der Waals surface area contributed by atoms with E-state index in [1.165, 1.54) is 13.0 Å². The Hall–Kier alpha value is -1.94. The van der Waals surface area contributed by atoms with Gasteiger partial charge in [-0.2, -0.15) is 0 Å². The zero-order valence-corrected chi connectivity index (χ0v) is 10.5. The Morgan fingerprint density at radius 3 is 2.39 bits per heavy atom. The molecule has 0 unspecified atom stereocenters. The first kappa shape index (κ1) is 14.1. The van der Waals surface area contributed by atoms with Crippen LogP contribution >= 0.6 is 0 Å². The van der Waals surface area contributed by atoms with Crippen LogP contribution in [0.1, 0.15) is 22.8 Å². The number of hydrogen-bond acceptors (Lipinski definition) is 4. The molecule has 0 fully saturated rings. The first-order valence-corrected chi connectivity index (χ1v) is 5.58. The van der Waals surface area contributed by atoms with Crippen molar-refractivity contribution in [1.82, 2.24) is 0 Å². The zero-order valence-electron chi connectivity index (χ0n) is 10.5. The van der Waals surface area contributed by atoms with E-state index in [2.05, 4.69) is 0 Å². The van der Waals surface area contributed by atoms with Gasteiger partial charge in [-0.1, -0.05) is 18.2 Å². The fraction of sp³-hybridized carbons (Fsp3) is 0.286. The Kier molecular flexibility index (Phi) is 5.80. The molecule has 0 spiro atoms. The fourth-order valence-electron chi connectivity index (χ4n) is 1.24. The molecule has 0 bridgehead atoms. The minimum absolute atomic E-state index is 0.0157. The number of methoxy groups -OCH3 is 1. The van der Waals surface area contributed by atoms with Gasteiger partial charge in [0.1, 0.15) is 6.61 Å². The molecule has 18 heavy (non-hydrogen) atoms. The molecule has 1 aromatic carbocycles. The van der Waals surface area contributed by atoms with Gasteiger partial charge in [0.2, 0.25) is 0 Å². The molecule has 4 heteroatoms. The summed E-state index contributed by atoms with van der Waals surface area (Å²) in [4.78, 5) is 22.3. The quantitative estimate of drug-likeness (QED) is 0.439. The number of ether oxygens (including phenoxy) is 2. The number of rotatable bonds is 6. The molecule has 0 aliphatic heterocycles. The lowest BCUT2D eigenvalue weighted by atomic mass is 10.1. The van der Waals surface area contributed by atoms with Gasteiger partial charge in [-0.3, -0.25) is 4.79 Å². The van der Waals surface area contributed by atoms with Gasteiger partial charge >= 0.3 is 5.97 Å². The van der Waals surface area contributed by atoms with Crippen molar-refractivity contribution in [3.8, 4) is 0 Å². The van der Waals surface area contributed by atoms with E-state index in [4.69, 9.17) is 9.47 Å². The van der Waals surface area contributed by atoms with Crippen LogP contribution < -0.4 is 0 Å². The standard InChI is InChI=1S/C14H16O4/c1-11(15)3-4-12-5-7-13(8-6-12)14(16)18-10-9-17-2/h3-8H,9-10H2,1-2H3. The Balaban J connectivity index is 2.59. The molecule has 0 aliphatic rings. The maximum atomic E-state index is 11.5. The van der Waals surface area contributed by atoms with Gasteiger partial charge in [0.15, 0.2) is 5.78 Å². The predicted molar refractivity (Wildman–Crippen MR) is 68.3 cm³/mol. The second kappa shape index (κ2) is 7.40. The van der Waals surface area contributed by atoms with Gasteiger partial charge in [-0.25, -0.2) is 4.79 Å². The average Bonchev–Trinajstić information content (AvgIpc) is 2.37. The molecule has 0 atom stereocenters. The van der Waals surface area contributed by atoms with Gasteiger partial charge in [-0.15, -0.1) is 0 Å². The third-order valence-corrected chi connectivity index (χ3v) is 2.18. The van der Waals surface area contributed by atoms with Crippen LogP contribution in [0.2, 0.25) is 0 Å². The Labute approximate surface area is 106 Å². The van der Waals surface area contributed by atoms with Gasteiger partial charge in [0, 0.05) is 7.11 Å². The normalized spacial score (nSPS) is 10.6. The molecule has 0 radical (unpaired) electrons. The summed E-state index contributed by atoms with van der Waals surface area (Å²) >= 11 is 0. The Morgan fingerprint density at radius 2 is 1.83 bits per heavy atom. The van der Waals surface area contributed by atoms with E-state index in [9.17, 15) is 9.59 Å². The zero-order chi connectivity index (χ0) is 13.4. The highest BCUT2D eigenvalue weighted by Crippen LogP contribution is 2.07. The smallest absolute Gasteiger partial charge is 0.338 e. The van der Waals surface area contributed by atoms with Crippen molar-refractivity contribution in [3.05, 3.63) is 41.5 Å². The predicted octanol–water partition coefficient (Wildman–Crippen LogP) is 2.09.